The van der Waals surface area contributed by atoms with Crippen LogP contribution < -0.4 is 5.56 Å². The summed E-state index contributed by atoms with van der Waals surface area (Å²) in [5.74, 6) is 0. The summed E-state index contributed by atoms with van der Waals surface area (Å²) < 4.78 is 1.71. The summed E-state index contributed by atoms with van der Waals surface area (Å²) in [7, 11) is 2.02. The molecule has 2 rings (SSSR count). The minimum Gasteiger partial charge on any atom is -0.298 e. The second-order valence-corrected chi connectivity index (χ2v) is 4.01. The fourth-order valence-electron chi connectivity index (χ4n) is 1.79. The summed E-state index contributed by atoms with van der Waals surface area (Å²) in [5, 5.41) is 3.15. The second kappa shape index (κ2) is 2.73. The molecule has 0 spiro atoms. The third kappa shape index (κ3) is 1.21. The summed E-state index contributed by atoms with van der Waals surface area (Å²) in [6, 6.07) is 0.225. The number of hydrogen-bond acceptors (Lipinski definition) is 2. The molecule has 1 aromatic rings. The standard InChI is InChI=1S/C9H15N3O/c1-6(2)12-9(13)7-4-11(3)5-8(7)10-12/h6,10H,4-5H2,1-3H3. The van der Waals surface area contributed by atoms with Gasteiger partial charge >= 0.3 is 0 Å². The Labute approximate surface area is 77.1 Å². The van der Waals surface area contributed by atoms with Crippen LogP contribution in [0.5, 0.6) is 0 Å². The zero-order chi connectivity index (χ0) is 9.59. The summed E-state index contributed by atoms with van der Waals surface area (Å²) in [4.78, 5) is 13.9. The Balaban J connectivity index is 2.48. The van der Waals surface area contributed by atoms with E-state index in [0.29, 0.717) is 0 Å². The first-order valence-electron chi connectivity index (χ1n) is 4.60. The van der Waals surface area contributed by atoms with Crippen molar-refractivity contribution in [3.8, 4) is 0 Å². The smallest absolute Gasteiger partial charge is 0.271 e. The maximum absolute atomic E-state index is 11.8. The molecular formula is C9H15N3O. The second-order valence-electron chi connectivity index (χ2n) is 4.01. The number of rotatable bonds is 1. The minimum atomic E-state index is 0.148. The Hall–Kier alpha value is -1.03. The molecule has 0 bridgehead atoms. The molecule has 13 heavy (non-hydrogen) atoms. The van der Waals surface area contributed by atoms with E-state index in [2.05, 4.69) is 10.00 Å². The maximum atomic E-state index is 11.8. The van der Waals surface area contributed by atoms with Crippen LogP contribution >= 0.6 is 0 Å². The average molecular weight is 181 g/mol. The van der Waals surface area contributed by atoms with Gasteiger partial charge in [0.1, 0.15) is 0 Å². The van der Waals surface area contributed by atoms with Gasteiger partial charge in [-0.3, -0.25) is 19.5 Å². The van der Waals surface area contributed by atoms with Crippen molar-refractivity contribution in [3.63, 3.8) is 0 Å². The molecule has 1 aliphatic rings. The van der Waals surface area contributed by atoms with Crippen LogP contribution in [-0.2, 0) is 13.1 Å². The van der Waals surface area contributed by atoms with Gasteiger partial charge in [-0.05, 0) is 20.9 Å². The summed E-state index contributed by atoms with van der Waals surface area (Å²) >= 11 is 0. The third-order valence-electron chi connectivity index (χ3n) is 2.47. The molecule has 1 aromatic heterocycles. The van der Waals surface area contributed by atoms with Gasteiger partial charge in [-0.2, -0.15) is 0 Å². The average Bonchev–Trinajstić information content (AvgIpc) is 2.51. The lowest BCUT2D eigenvalue weighted by Gasteiger charge is -2.08. The van der Waals surface area contributed by atoms with Gasteiger partial charge in [0.2, 0.25) is 0 Å². The van der Waals surface area contributed by atoms with Gasteiger partial charge < -0.3 is 0 Å². The topological polar surface area (TPSA) is 41.0 Å². The van der Waals surface area contributed by atoms with Gasteiger partial charge in [-0.1, -0.05) is 0 Å². The summed E-state index contributed by atoms with van der Waals surface area (Å²) in [6.45, 7) is 5.67. The molecule has 0 fully saturated rings. The third-order valence-corrected chi connectivity index (χ3v) is 2.47. The lowest BCUT2D eigenvalue weighted by molar-refractivity contribution is 0.341. The van der Waals surface area contributed by atoms with Gasteiger partial charge in [-0.15, -0.1) is 0 Å². The lowest BCUT2D eigenvalue weighted by Crippen LogP contribution is -2.23. The largest absolute Gasteiger partial charge is 0.298 e. The molecule has 72 valence electrons. The van der Waals surface area contributed by atoms with Crippen LogP contribution in [0.2, 0.25) is 0 Å². The molecule has 0 aromatic carbocycles. The Kier molecular flexibility index (Phi) is 1.80. The predicted octanol–water partition coefficient (Wildman–Crippen LogP) is 0.703. The van der Waals surface area contributed by atoms with Crippen LogP contribution in [0.4, 0.5) is 0 Å². The van der Waals surface area contributed by atoms with Gasteiger partial charge in [0.25, 0.3) is 5.56 Å². The van der Waals surface area contributed by atoms with Gasteiger partial charge in [0.05, 0.1) is 11.3 Å². The van der Waals surface area contributed by atoms with Gasteiger partial charge in [-0.25, -0.2) is 0 Å². The Morgan fingerprint density at radius 2 is 2.08 bits per heavy atom. The van der Waals surface area contributed by atoms with Crippen molar-refractivity contribution in [1.82, 2.24) is 14.7 Å². The molecule has 2 heterocycles. The zero-order valence-corrected chi connectivity index (χ0v) is 8.29. The first-order valence-corrected chi connectivity index (χ1v) is 4.60. The molecule has 4 nitrogen and oxygen atoms in total. The highest BCUT2D eigenvalue weighted by Gasteiger charge is 2.23. The van der Waals surface area contributed by atoms with Crippen molar-refractivity contribution in [2.24, 2.45) is 0 Å². The van der Waals surface area contributed by atoms with Crippen LogP contribution in [0.1, 0.15) is 31.1 Å². The van der Waals surface area contributed by atoms with E-state index in [1.165, 1.54) is 0 Å². The molecule has 0 saturated carbocycles. The lowest BCUT2D eigenvalue weighted by atomic mass is 10.3. The van der Waals surface area contributed by atoms with E-state index in [0.717, 1.165) is 24.3 Å². The van der Waals surface area contributed by atoms with Crippen molar-refractivity contribution in [1.29, 1.82) is 0 Å². The normalized spacial score (nSPS) is 16.9. The fourth-order valence-corrected chi connectivity index (χ4v) is 1.79. The highest BCUT2D eigenvalue weighted by atomic mass is 16.1. The molecule has 1 N–H and O–H groups in total. The Morgan fingerprint density at radius 1 is 1.38 bits per heavy atom. The minimum absolute atomic E-state index is 0.148. The van der Waals surface area contributed by atoms with E-state index in [9.17, 15) is 4.79 Å². The van der Waals surface area contributed by atoms with E-state index in [1.54, 1.807) is 4.68 Å². The molecule has 0 saturated heterocycles. The van der Waals surface area contributed by atoms with Gasteiger partial charge in [0.15, 0.2) is 0 Å². The molecule has 1 aliphatic heterocycles. The molecule has 0 unspecified atom stereocenters. The molecule has 0 radical (unpaired) electrons. The Morgan fingerprint density at radius 3 is 2.62 bits per heavy atom. The van der Waals surface area contributed by atoms with Crippen molar-refractivity contribution in [2.45, 2.75) is 33.0 Å². The SMILES string of the molecule is CC(C)n1[nH]c2c(c1=O)CN(C)C2. The highest BCUT2D eigenvalue weighted by Crippen LogP contribution is 2.16. The van der Waals surface area contributed by atoms with E-state index >= 15 is 0 Å². The first-order chi connectivity index (χ1) is 6.09. The predicted molar refractivity (Wildman–Crippen MR) is 50.6 cm³/mol. The highest BCUT2D eigenvalue weighted by molar-refractivity contribution is 5.21. The number of nitrogens with zero attached hydrogens (tertiary/aromatic N) is 2. The summed E-state index contributed by atoms with van der Waals surface area (Å²) in [5.41, 5.74) is 2.17. The molecule has 4 heteroatoms. The summed E-state index contributed by atoms with van der Waals surface area (Å²) in [6.07, 6.45) is 0. The maximum Gasteiger partial charge on any atom is 0.271 e. The molecule has 0 aliphatic carbocycles. The number of nitrogens with one attached hydrogen (secondary N) is 1. The van der Waals surface area contributed by atoms with Crippen molar-refractivity contribution in [2.75, 3.05) is 7.05 Å². The van der Waals surface area contributed by atoms with Crippen LogP contribution in [0.25, 0.3) is 0 Å². The van der Waals surface area contributed by atoms with Crippen LogP contribution in [0.3, 0.4) is 0 Å². The first kappa shape index (κ1) is 8.56. The van der Waals surface area contributed by atoms with E-state index in [-0.39, 0.29) is 11.6 Å². The number of aromatic nitrogens is 2. The van der Waals surface area contributed by atoms with Crippen LogP contribution in [-0.4, -0.2) is 21.7 Å². The van der Waals surface area contributed by atoms with Crippen molar-refractivity contribution < 1.29 is 0 Å². The molecular weight excluding hydrogens is 166 g/mol. The van der Waals surface area contributed by atoms with E-state index < -0.39 is 0 Å². The number of aromatic amines is 1. The zero-order valence-electron chi connectivity index (χ0n) is 8.29. The Bertz CT molecular complexity index is 375. The van der Waals surface area contributed by atoms with Crippen LogP contribution in [0, 0.1) is 0 Å². The van der Waals surface area contributed by atoms with Crippen molar-refractivity contribution >= 4 is 0 Å². The fraction of sp³-hybridized carbons (Fsp3) is 0.667. The molecule has 0 amide bonds. The van der Waals surface area contributed by atoms with E-state index in [1.807, 2.05) is 20.9 Å². The van der Waals surface area contributed by atoms with E-state index in [4.69, 9.17) is 0 Å². The quantitative estimate of drug-likeness (QED) is 0.693. The number of fused-ring (bicyclic) bond motifs is 1. The number of H-pyrrole nitrogens is 1. The molecule has 0 atom stereocenters. The van der Waals surface area contributed by atoms with Gasteiger partial charge in [0, 0.05) is 19.1 Å². The monoisotopic (exact) mass is 181 g/mol. The van der Waals surface area contributed by atoms with Crippen molar-refractivity contribution in [3.05, 3.63) is 21.6 Å². The van der Waals surface area contributed by atoms with Crippen LogP contribution in [0.15, 0.2) is 4.79 Å². The number of hydrogen-bond donors (Lipinski definition) is 1.